The summed E-state index contributed by atoms with van der Waals surface area (Å²) in [5, 5.41) is 6.23. The number of hydrogen-bond acceptors (Lipinski definition) is 3. The smallest absolute Gasteiger partial charge is 0.200 e. The number of hydrogen-bond donors (Lipinski definition) is 3. The van der Waals surface area contributed by atoms with E-state index in [0.717, 1.165) is 25.0 Å². The zero-order chi connectivity index (χ0) is 18.5. The van der Waals surface area contributed by atoms with E-state index in [2.05, 4.69) is 22.5 Å². The molecule has 0 saturated heterocycles. The van der Waals surface area contributed by atoms with Crippen molar-refractivity contribution >= 4 is 11.9 Å². The lowest BCUT2D eigenvalue weighted by Crippen LogP contribution is -2.62. The molecule has 2 aliphatic carbocycles. The molecule has 0 bridgehead atoms. The average Bonchev–Trinajstić information content (AvgIpc) is 3.48. The van der Waals surface area contributed by atoms with Crippen LogP contribution in [0.2, 0.25) is 0 Å². The number of aliphatic imine (C=N–C) groups is 2. The molecule has 3 aliphatic rings. The van der Waals surface area contributed by atoms with Crippen LogP contribution < -0.4 is 16.4 Å². The number of nitrogens with two attached hydrogens (primary N) is 1. The maximum Gasteiger partial charge on any atom is 0.200 e. The predicted octanol–water partition coefficient (Wildman–Crippen LogP) is 2.83. The highest BCUT2D eigenvalue weighted by molar-refractivity contribution is 6.00. The van der Waals surface area contributed by atoms with Gasteiger partial charge in [-0.15, -0.1) is 0 Å². The molecule has 2 saturated carbocycles. The Kier molecular flexibility index (Phi) is 4.12. The van der Waals surface area contributed by atoms with Crippen LogP contribution in [0.5, 0.6) is 0 Å². The Morgan fingerprint density at radius 2 is 1.88 bits per heavy atom. The Hall–Kier alpha value is -2.18. The Morgan fingerprint density at radius 1 is 1.19 bits per heavy atom. The normalized spacial score (nSPS) is 29.5. The van der Waals surface area contributed by atoms with Crippen molar-refractivity contribution in [3.63, 3.8) is 0 Å². The van der Waals surface area contributed by atoms with Crippen molar-refractivity contribution in [2.24, 2.45) is 33.5 Å². The summed E-state index contributed by atoms with van der Waals surface area (Å²) in [5.74, 6) is 0.562. The van der Waals surface area contributed by atoms with Crippen LogP contribution in [0.4, 0.5) is 8.78 Å². The Bertz CT molecular complexity index is 769. The SMILES string of the molecule is C[C@H](C1CC1)C1(c2cc(F)ccc2F)N=C(N)NC(=N[C@H](C)C2CC2)N1. The van der Waals surface area contributed by atoms with Gasteiger partial charge in [0, 0.05) is 11.5 Å². The van der Waals surface area contributed by atoms with Gasteiger partial charge in [-0.05, 0) is 62.6 Å². The first-order chi connectivity index (χ1) is 12.4. The van der Waals surface area contributed by atoms with Crippen molar-refractivity contribution in [3.8, 4) is 0 Å². The minimum Gasteiger partial charge on any atom is -0.370 e. The van der Waals surface area contributed by atoms with Crippen LogP contribution in [0, 0.1) is 29.4 Å². The van der Waals surface area contributed by atoms with Crippen LogP contribution >= 0.6 is 0 Å². The van der Waals surface area contributed by atoms with Gasteiger partial charge in [-0.25, -0.2) is 18.8 Å². The summed E-state index contributed by atoms with van der Waals surface area (Å²) in [6, 6.07) is 3.62. The van der Waals surface area contributed by atoms with Gasteiger partial charge >= 0.3 is 0 Å². The van der Waals surface area contributed by atoms with Gasteiger partial charge in [0.25, 0.3) is 0 Å². The average molecular weight is 361 g/mol. The quantitative estimate of drug-likeness (QED) is 0.755. The second kappa shape index (κ2) is 6.21. The summed E-state index contributed by atoms with van der Waals surface area (Å²) in [6.07, 6.45) is 4.44. The first kappa shape index (κ1) is 17.2. The Labute approximate surface area is 152 Å². The minimum atomic E-state index is -1.16. The third kappa shape index (κ3) is 3.15. The summed E-state index contributed by atoms with van der Waals surface area (Å²) in [7, 11) is 0. The fourth-order valence-corrected chi connectivity index (χ4v) is 3.85. The molecule has 1 aromatic carbocycles. The highest BCUT2D eigenvalue weighted by Gasteiger charge is 2.49. The molecule has 4 rings (SSSR count). The minimum absolute atomic E-state index is 0.0547. The maximum absolute atomic E-state index is 14.7. The number of rotatable bonds is 5. The van der Waals surface area contributed by atoms with Gasteiger partial charge in [-0.1, -0.05) is 6.92 Å². The standard InChI is InChI=1S/C19H25F2N5/c1-10(12-3-4-12)19(15-9-14(20)7-8-16(15)21)25-17(22)24-18(26-19)23-11(2)13-5-6-13/h7-13H,3-6H2,1-2H3,(H4,22,23,24,25,26)/t10-,11-,19?/m1/s1. The van der Waals surface area contributed by atoms with Crippen LogP contribution in [-0.2, 0) is 5.66 Å². The van der Waals surface area contributed by atoms with Gasteiger partial charge in [0.2, 0.25) is 5.96 Å². The van der Waals surface area contributed by atoms with Crippen LogP contribution in [0.15, 0.2) is 28.2 Å². The van der Waals surface area contributed by atoms with Gasteiger partial charge in [0.1, 0.15) is 11.6 Å². The lowest BCUT2D eigenvalue weighted by Gasteiger charge is -2.41. The molecule has 0 amide bonds. The van der Waals surface area contributed by atoms with Crippen LogP contribution in [-0.4, -0.2) is 18.0 Å². The molecule has 2 fully saturated rings. The number of nitrogens with zero attached hydrogens (tertiary/aromatic N) is 2. The molecule has 140 valence electrons. The van der Waals surface area contributed by atoms with E-state index in [0.29, 0.717) is 17.8 Å². The molecule has 0 aromatic heterocycles. The highest BCUT2D eigenvalue weighted by Crippen LogP contribution is 2.47. The van der Waals surface area contributed by atoms with Crippen molar-refractivity contribution in [2.45, 2.75) is 51.2 Å². The molecule has 7 heteroatoms. The van der Waals surface area contributed by atoms with Gasteiger partial charge in [-0.2, -0.15) is 0 Å². The van der Waals surface area contributed by atoms with Crippen LogP contribution in [0.3, 0.4) is 0 Å². The van der Waals surface area contributed by atoms with Gasteiger partial charge in [0.15, 0.2) is 11.6 Å². The molecule has 26 heavy (non-hydrogen) atoms. The largest absolute Gasteiger partial charge is 0.370 e. The maximum atomic E-state index is 14.7. The van der Waals surface area contributed by atoms with E-state index in [4.69, 9.17) is 10.7 Å². The van der Waals surface area contributed by atoms with E-state index in [1.165, 1.54) is 18.9 Å². The Morgan fingerprint density at radius 3 is 2.54 bits per heavy atom. The predicted molar refractivity (Wildman–Crippen MR) is 97.4 cm³/mol. The molecular formula is C19H25F2N5. The van der Waals surface area contributed by atoms with Gasteiger partial charge in [0.05, 0.1) is 6.04 Å². The van der Waals surface area contributed by atoms with Crippen molar-refractivity contribution in [1.82, 2.24) is 10.6 Å². The molecule has 5 nitrogen and oxygen atoms in total. The van der Waals surface area contributed by atoms with Crippen molar-refractivity contribution < 1.29 is 8.78 Å². The van der Waals surface area contributed by atoms with Gasteiger partial charge in [-0.3, -0.25) is 5.32 Å². The van der Waals surface area contributed by atoms with Crippen molar-refractivity contribution in [1.29, 1.82) is 0 Å². The number of nitrogens with one attached hydrogen (secondary N) is 2. The highest BCUT2D eigenvalue weighted by atomic mass is 19.1. The fraction of sp³-hybridized carbons (Fsp3) is 0.579. The topological polar surface area (TPSA) is 74.8 Å². The van der Waals surface area contributed by atoms with E-state index in [-0.39, 0.29) is 23.5 Å². The third-order valence-electron chi connectivity index (χ3n) is 5.82. The van der Waals surface area contributed by atoms with Crippen molar-refractivity contribution in [3.05, 3.63) is 35.4 Å². The molecule has 1 aliphatic heterocycles. The second-order valence-electron chi connectivity index (χ2n) is 7.82. The summed E-state index contributed by atoms with van der Waals surface area (Å²) < 4.78 is 28.7. The van der Waals surface area contributed by atoms with E-state index in [1.807, 2.05) is 6.92 Å². The lowest BCUT2D eigenvalue weighted by atomic mass is 9.83. The van der Waals surface area contributed by atoms with E-state index >= 15 is 0 Å². The first-order valence-corrected chi connectivity index (χ1v) is 9.33. The molecule has 1 unspecified atom stereocenters. The molecule has 3 atom stereocenters. The van der Waals surface area contributed by atoms with Crippen molar-refractivity contribution in [2.75, 3.05) is 0 Å². The molecule has 0 spiro atoms. The second-order valence-corrected chi connectivity index (χ2v) is 7.82. The summed E-state index contributed by atoms with van der Waals surface area (Å²) in [4.78, 5) is 9.25. The van der Waals surface area contributed by atoms with E-state index in [9.17, 15) is 8.78 Å². The third-order valence-corrected chi connectivity index (χ3v) is 5.82. The number of halogens is 2. The number of benzene rings is 1. The number of guanidine groups is 2. The first-order valence-electron chi connectivity index (χ1n) is 9.33. The molecule has 4 N–H and O–H groups in total. The monoisotopic (exact) mass is 361 g/mol. The molecular weight excluding hydrogens is 336 g/mol. The van der Waals surface area contributed by atoms with E-state index < -0.39 is 17.3 Å². The lowest BCUT2D eigenvalue weighted by molar-refractivity contribution is 0.228. The molecule has 1 aromatic rings. The molecule has 0 radical (unpaired) electrons. The zero-order valence-electron chi connectivity index (χ0n) is 15.1. The Balaban J connectivity index is 1.79. The fourth-order valence-electron chi connectivity index (χ4n) is 3.85. The van der Waals surface area contributed by atoms with Crippen LogP contribution in [0.1, 0.15) is 45.1 Å². The summed E-state index contributed by atoms with van der Waals surface area (Å²) >= 11 is 0. The van der Waals surface area contributed by atoms with Gasteiger partial charge < -0.3 is 11.1 Å². The summed E-state index contributed by atoms with van der Waals surface area (Å²) in [6.45, 7) is 4.07. The van der Waals surface area contributed by atoms with Crippen LogP contribution in [0.25, 0.3) is 0 Å². The molecule has 1 heterocycles. The zero-order valence-corrected chi connectivity index (χ0v) is 15.1. The summed E-state index contributed by atoms with van der Waals surface area (Å²) in [5.41, 5.74) is 5.07. The van der Waals surface area contributed by atoms with E-state index in [1.54, 1.807) is 0 Å².